The van der Waals surface area contributed by atoms with E-state index in [9.17, 15) is 0 Å². The predicted octanol–water partition coefficient (Wildman–Crippen LogP) is 2.53. The molecule has 0 radical (unpaired) electrons. The maximum Gasteiger partial charge on any atom is 0.182 e. The minimum absolute atomic E-state index is 0.622. The van der Waals surface area contributed by atoms with Crippen molar-refractivity contribution in [3.8, 4) is 11.5 Å². The molecule has 0 spiro atoms. The Balaban J connectivity index is 2.52. The second kappa shape index (κ2) is 6.03. The van der Waals surface area contributed by atoms with E-state index < -0.39 is 0 Å². The van der Waals surface area contributed by atoms with Gasteiger partial charge in [-0.1, -0.05) is 6.92 Å². The third-order valence-corrected chi connectivity index (χ3v) is 3.52. The van der Waals surface area contributed by atoms with Crippen LogP contribution >= 0.6 is 22.6 Å². The minimum Gasteiger partial charge on any atom is -0.369 e. The average Bonchev–Trinajstić information content (AvgIpc) is 2.42. The molecule has 0 aromatic carbocycles. The number of aryl methyl sites for hydroxylation is 1. The highest BCUT2D eigenvalue weighted by molar-refractivity contribution is 14.1. The fourth-order valence-electron chi connectivity index (χ4n) is 1.54. The number of hydrogen-bond acceptors (Lipinski definition) is 5. The van der Waals surface area contributed by atoms with Crippen LogP contribution in [0.2, 0.25) is 0 Å². The van der Waals surface area contributed by atoms with Crippen LogP contribution in [0.25, 0.3) is 11.5 Å². The standard InChI is InChI=1S/C12H14IN5/c1-3-8-10(13)12(15-4-2)18-11(17-8)9-7-14-5-6-16-9/h5-7H,3-4H2,1-2H3,(H,15,17,18). The Hall–Kier alpha value is -1.31. The van der Waals surface area contributed by atoms with Crippen molar-refractivity contribution in [2.24, 2.45) is 0 Å². The topological polar surface area (TPSA) is 63.6 Å². The van der Waals surface area contributed by atoms with Gasteiger partial charge in [0.15, 0.2) is 5.82 Å². The van der Waals surface area contributed by atoms with E-state index in [-0.39, 0.29) is 0 Å². The third-order valence-electron chi connectivity index (χ3n) is 2.39. The Kier molecular flexibility index (Phi) is 4.40. The molecule has 0 bridgehead atoms. The summed E-state index contributed by atoms with van der Waals surface area (Å²) in [5.74, 6) is 1.49. The summed E-state index contributed by atoms with van der Waals surface area (Å²) in [6.45, 7) is 4.96. The van der Waals surface area contributed by atoms with Crippen LogP contribution in [0, 0.1) is 3.57 Å². The second-order valence-corrected chi connectivity index (χ2v) is 4.71. The maximum absolute atomic E-state index is 4.54. The summed E-state index contributed by atoms with van der Waals surface area (Å²) in [5, 5.41) is 3.25. The molecule has 0 saturated heterocycles. The first-order valence-electron chi connectivity index (χ1n) is 5.82. The van der Waals surface area contributed by atoms with Gasteiger partial charge in [-0.25, -0.2) is 15.0 Å². The van der Waals surface area contributed by atoms with E-state index in [2.05, 4.69) is 54.8 Å². The van der Waals surface area contributed by atoms with Crippen molar-refractivity contribution in [2.45, 2.75) is 20.3 Å². The van der Waals surface area contributed by atoms with Crippen LogP contribution < -0.4 is 5.32 Å². The molecule has 0 atom stereocenters. The second-order valence-electron chi connectivity index (χ2n) is 3.63. The van der Waals surface area contributed by atoms with Crippen molar-refractivity contribution in [3.05, 3.63) is 27.9 Å². The van der Waals surface area contributed by atoms with Gasteiger partial charge in [-0.3, -0.25) is 4.98 Å². The van der Waals surface area contributed by atoms with Crippen LogP contribution in [0.5, 0.6) is 0 Å². The zero-order valence-electron chi connectivity index (χ0n) is 10.3. The molecule has 0 amide bonds. The van der Waals surface area contributed by atoms with Gasteiger partial charge in [-0.2, -0.15) is 0 Å². The summed E-state index contributed by atoms with van der Waals surface area (Å²) >= 11 is 2.28. The maximum atomic E-state index is 4.54. The quantitative estimate of drug-likeness (QED) is 0.854. The summed E-state index contributed by atoms with van der Waals surface area (Å²) in [6.07, 6.45) is 5.83. The number of anilines is 1. The molecule has 0 fully saturated rings. The minimum atomic E-state index is 0.622. The van der Waals surface area contributed by atoms with Crippen molar-refractivity contribution in [3.63, 3.8) is 0 Å². The first-order valence-corrected chi connectivity index (χ1v) is 6.90. The summed E-state index contributed by atoms with van der Waals surface area (Å²) < 4.78 is 1.07. The Morgan fingerprint density at radius 3 is 2.67 bits per heavy atom. The summed E-state index contributed by atoms with van der Waals surface area (Å²) in [4.78, 5) is 17.3. The van der Waals surface area contributed by atoms with Crippen LogP contribution in [-0.4, -0.2) is 26.5 Å². The molecule has 2 rings (SSSR count). The lowest BCUT2D eigenvalue weighted by atomic mass is 10.3. The zero-order valence-corrected chi connectivity index (χ0v) is 12.5. The fourth-order valence-corrected chi connectivity index (χ4v) is 2.35. The normalized spacial score (nSPS) is 10.4. The zero-order chi connectivity index (χ0) is 13.0. The van der Waals surface area contributed by atoms with Crippen molar-refractivity contribution >= 4 is 28.4 Å². The highest BCUT2D eigenvalue weighted by atomic mass is 127. The van der Waals surface area contributed by atoms with E-state index in [0.29, 0.717) is 11.5 Å². The number of nitrogens with zero attached hydrogens (tertiary/aromatic N) is 4. The molecular weight excluding hydrogens is 341 g/mol. The van der Waals surface area contributed by atoms with Gasteiger partial charge in [-0.15, -0.1) is 0 Å². The molecule has 0 aliphatic rings. The summed E-state index contributed by atoms with van der Waals surface area (Å²) in [6, 6.07) is 0. The predicted molar refractivity (Wildman–Crippen MR) is 79.3 cm³/mol. The Morgan fingerprint density at radius 1 is 1.22 bits per heavy atom. The SMILES string of the molecule is CCNc1nc(-c2cnccn2)nc(CC)c1I. The van der Waals surface area contributed by atoms with Crippen LogP contribution in [-0.2, 0) is 6.42 Å². The van der Waals surface area contributed by atoms with Gasteiger partial charge in [0.05, 0.1) is 15.5 Å². The molecule has 1 N–H and O–H groups in total. The largest absolute Gasteiger partial charge is 0.369 e. The van der Waals surface area contributed by atoms with Crippen LogP contribution in [0.4, 0.5) is 5.82 Å². The highest BCUT2D eigenvalue weighted by Gasteiger charge is 2.12. The molecular formula is C12H14IN5. The average molecular weight is 355 g/mol. The lowest BCUT2D eigenvalue weighted by Crippen LogP contribution is -2.08. The van der Waals surface area contributed by atoms with Crippen molar-refractivity contribution in [1.82, 2.24) is 19.9 Å². The lowest BCUT2D eigenvalue weighted by molar-refractivity contribution is 0.973. The molecule has 0 unspecified atom stereocenters. The molecule has 5 nitrogen and oxygen atoms in total. The smallest absolute Gasteiger partial charge is 0.182 e. The molecule has 0 aliphatic heterocycles. The highest BCUT2D eigenvalue weighted by Crippen LogP contribution is 2.23. The molecule has 2 aromatic heterocycles. The first kappa shape index (κ1) is 13.1. The van der Waals surface area contributed by atoms with Gasteiger partial charge >= 0.3 is 0 Å². The number of rotatable bonds is 4. The summed E-state index contributed by atoms with van der Waals surface area (Å²) in [7, 11) is 0. The Bertz CT molecular complexity index is 529. The number of nitrogens with one attached hydrogen (secondary N) is 1. The molecule has 2 aromatic rings. The van der Waals surface area contributed by atoms with Crippen LogP contribution in [0.15, 0.2) is 18.6 Å². The van der Waals surface area contributed by atoms with Gasteiger partial charge < -0.3 is 5.32 Å². The molecule has 6 heteroatoms. The van der Waals surface area contributed by atoms with Gasteiger partial charge in [0.2, 0.25) is 0 Å². The van der Waals surface area contributed by atoms with Gasteiger partial charge in [0, 0.05) is 18.9 Å². The van der Waals surface area contributed by atoms with E-state index in [0.717, 1.165) is 28.0 Å². The molecule has 94 valence electrons. The molecule has 0 saturated carbocycles. The van der Waals surface area contributed by atoms with E-state index in [1.165, 1.54) is 0 Å². The lowest BCUT2D eigenvalue weighted by Gasteiger charge is -2.10. The number of aromatic nitrogens is 4. The third kappa shape index (κ3) is 2.74. The van der Waals surface area contributed by atoms with Crippen molar-refractivity contribution in [2.75, 3.05) is 11.9 Å². The first-order chi connectivity index (χ1) is 8.76. The number of halogens is 1. The molecule has 0 aliphatic carbocycles. The van der Waals surface area contributed by atoms with E-state index in [1.807, 2.05) is 6.92 Å². The molecule has 18 heavy (non-hydrogen) atoms. The Morgan fingerprint density at radius 2 is 2.06 bits per heavy atom. The number of hydrogen-bond donors (Lipinski definition) is 1. The van der Waals surface area contributed by atoms with Crippen LogP contribution in [0.3, 0.4) is 0 Å². The van der Waals surface area contributed by atoms with Gasteiger partial charge in [0.25, 0.3) is 0 Å². The van der Waals surface area contributed by atoms with E-state index in [1.54, 1.807) is 18.6 Å². The monoisotopic (exact) mass is 355 g/mol. The Labute approximate surface area is 120 Å². The molecule has 2 heterocycles. The van der Waals surface area contributed by atoms with Gasteiger partial charge in [0.1, 0.15) is 11.5 Å². The van der Waals surface area contributed by atoms with Crippen LogP contribution in [0.1, 0.15) is 19.5 Å². The van der Waals surface area contributed by atoms with Gasteiger partial charge in [-0.05, 0) is 35.9 Å². The van der Waals surface area contributed by atoms with Crippen molar-refractivity contribution in [1.29, 1.82) is 0 Å². The van der Waals surface area contributed by atoms with E-state index >= 15 is 0 Å². The van der Waals surface area contributed by atoms with Crippen molar-refractivity contribution < 1.29 is 0 Å². The summed E-state index contributed by atoms with van der Waals surface area (Å²) in [5.41, 5.74) is 1.73. The van der Waals surface area contributed by atoms with E-state index in [4.69, 9.17) is 0 Å². The fraction of sp³-hybridized carbons (Fsp3) is 0.333.